The van der Waals surface area contributed by atoms with Crippen LogP contribution >= 0.6 is 0 Å². The summed E-state index contributed by atoms with van der Waals surface area (Å²) >= 11 is 0. The van der Waals surface area contributed by atoms with Crippen LogP contribution in [0.1, 0.15) is 12.0 Å². The van der Waals surface area contributed by atoms with Crippen LogP contribution in [0.3, 0.4) is 0 Å². The minimum Gasteiger partial charge on any atom is -0.481 e. The van der Waals surface area contributed by atoms with Gasteiger partial charge in [-0.2, -0.15) is 0 Å². The molecule has 1 unspecified atom stereocenters. The van der Waals surface area contributed by atoms with Gasteiger partial charge in [-0.25, -0.2) is 8.42 Å². The molecule has 0 heterocycles. The molecule has 1 aromatic carbocycles. The highest BCUT2D eigenvalue weighted by atomic mass is 32.2. The fourth-order valence-corrected chi connectivity index (χ4v) is 2.10. The first-order valence-electron chi connectivity index (χ1n) is 5.05. The quantitative estimate of drug-likeness (QED) is 0.797. The lowest BCUT2D eigenvalue weighted by Crippen LogP contribution is -2.26. The monoisotopic (exact) mass is 257 g/mol. The van der Waals surface area contributed by atoms with Crippen LogP contribution in [0.4, 0.5) is 0 Å². The van der Waals surface area contributed by atoms with E-state index in [0.29, 0.717) is 6.42 Å². The molecule has 1 atom stereocenters. The van der Waals surface area contributed by atoms with Crippen molar-refractivity contribution >= 4 is 15.8 Å². The number of aliphatic carboxylic acids is 1. The topological polar surface area (TPSA) is 97.5 Å². The summed E-state index contributed by atoms with van der Waals surface area (Å²) < 4.78 is 22.4. The third-order valence-corrected chi connectivity index (χ3v) is 3.41. The first-order valence-corrected chi connectivity index (χ1v) is 6.94. The van der Waals surface area contributed by atoms with Gasteiger partial charge in [-0.3, -0.25) is 4.79 Å². The molecule has 0 aliphatic heterocycles. The molecule has 0 saturated carbocycles. The number of carbonyl (C=O) groups is 1. The zero-order valence-corrected chi connectivity index (χ0v) is 10.3. The third-order valence-electron chi connectivity index (χ3n) is 2.29. The van der Waals surface area contributed by atoms with Crippen LogP contribution in [0.15, 0.2) is 29.2 Å². The van der Waals surface area contributed by atoms with Crippen LogP contribution in [-0.2, 0) is 21.1 Å². The van der Waals surface area contributed by atoms with E-state index in [1.807, 2.05) is 0 Å². The second kappa shape index (κ2) is 5.29. The van der Waals surface area contributed by atoms with Crippen molar-refractivity contribution in [1.82, 2.24) is 0 Å². The summed E-state index contributed by atoms with van der Waals surface area (Å²) in [7, 11) is -3.19. The van der Waals surface area contributed by atoms with Gasteiger partial charge in [0.25, 0.3) is 0 Å². The summed E-state index contributed by atoms with van der Waals surface area (Å²) in [6, 6.07) is 5.84. The van der Waals surface area contributed by atoms with Gasteiger partial charge in [0, 0.05) is 12.3 Å². The van der Waals surface area contributed by atoms with E-state index in [0.717, 1.165) is 11.8 Å². The average Bonchev–Trinajstić information content (AvgIpc) is 2.15. The van der Waals surface area contributed by atoms with Crippen LogP contribution in [0, 0.1) is 0 Å². The van der Waals surface area contributed by atoms with Crippen molar-refractivity contribution < 1.29 is 18.3 Å². The third kappa shape index (κ3) is 4.54. The molecule has 0 aromatic heterocycles. The lowest BCUT2D eigenvalue weighted by Gasteiger charge is -2.09. The predicted molar refractivity (Wildman–Crippen MR) is 63.5 cm³/mol. The van der Waals surface area contributed by atoms with Crippen molar-refractivity contribution in [3.63, 3.8) is 0 Å². The van der Waals surface area contributed by atoms with Gasteiger partial charge in [-0.05, 0) is 24.1 Å². The van der Waals surface area contributed by atoms with Crippen molar-refractivity contribution in [1.29, 1.82) is 0 Å². The van der Waals surface area contributed by atoms with E-state index in [-0.39, 0.29) is 11.3 Å². The molecule has 1 rings (SSSR count). The molecule has 5 nitrogen and oxygen atoms in total. The zero-order chi connectivity index (χ0) is 13.1. The number of carboxylic acids is 1. The van der Waals surface area contributed by atoms with Gasteiger partial charge < -0.3 is 10.8 Å². The summed E-state index contributed by atoms with van der Waals surface area (Å²) in [5, 5.41) is 8.55. The van der Waals surface area contributed by atoms with Gasteiger partial charge in [0.05, 0.1) is 11.3 Å². The average molecular weight is 257 g/mol. The molecule has 1 aromatic rings. The van der Waals surface area contributed by atoms with E-state index in [4.69, 9.17) is 10.8 Å². The standard InChI is InChI=1S/C11H15NO4S/c1-17(15,16)10-4-2-8(3-5-10)6-9(12)7-11(13)14/h2-5,9H,6-7,12H2,1H3,(H,13,14). The highest BCUT2D eigenvalue weighted by Gasteiger charge is 2.10. The Hall–Kier alpha value is -1.40. The van der Waals surface area contributed by atoms with E-state index in [1.165, 1.54) is 12.1 Å². The minimum absolute atomic E-state index is 0.103. The van der Waals surface area contributed by atoms with Crippen molar-refractivity contribution in [2.75, 3.05) is 6.26 Å². The van der Waals surface area contributed by atoms with Crippen LogP contribution in [0.25, 0.3) is 0 Å². The van der Waals surface area contributed by atoms with Crippen molar-refractivity contribution in [2.24, 2.45) is 5.73 Å². The normalized spacial score (nSPS) is 13.3. The Kier molecular flexibility index (Phi) is 4.25. The Morgan fingerprint density at radius 3 is 2.29 bits per heavy atom. The maximum atomic E-state index is 11.2. The molecule has 6 heteroatoms. The molecule has 0 bridgehead atoms. The molecule has 0 spiro atoms. The van der Waals surface area contributed by atoms with Gasteiger partial charge in [0.2, 0.25) is 0 Å². The van der Waals surface area contributed by atoms with Crippen molar-refractivity contribution in [3.05, 3.63) is 29.8 Å². The number of hydrogen-bond donors (Lipinski definition) is 2. The van der Waals surface area contributed by atoms with Crippen LogP contribution < -0.4 is 5.73 Å². The van der Waals surface area contributed by atoms with Gasteiger partial charge in [-0.15, -0.1) is 0 Å². The van der Waals surface area contributed by atoms with Crippen molar-refractivity contribution in [3.8, 4) is 0 Å². The molecule has 0 radical (unpaired) electrons. The highest BCUT2D eigenvalue weighted by Crippen LogP contribution is 2.12. The van der Waals surface area contributed by atoms with Gasteiger partial charge in [-0.1, -0.05) is 12.1 Å². The summed E-state index contributed by atoms with van der Waals surface area (Å²) in [5.41, 5.74) is 6.46. The second-order valence-electron chi connectivity index (χ2n) is 3.98. The molecule has 94 valence electrons. The van der Waals surface area contributed by atoms with Crippen LogP contribution in [-0.4, -0.2) is 31.8 Å². The number of benzene rings is 1. The summed E-state index contributed by atoms with van der Waals surface area (Å²) in [5.74, 6) is -0.940. The van der Waals surface area contributed by atoms with E-state index in [9.17, 15) is 13.2 Å². The molecule has 0 fully saturated rings. The number of hydrogen-bond acceptors (Lipinski definition) is 4. The molecule has 0 amide bonds. The molecule has 0 saturated heterocycles. The second-order valence-corrected chi connectivity index (χ2v) is 5.99. The largest absolute Gasteiger partial charge is 0.481 e. The Bertz CT molecular complexity index is 493. The van der Waals surface area contributed by atoms with Crippen LogP contribution in [0.2, 0.25) is 0 Å². The molecule has 0 aliphatic rings. The Balaban J connectivity index is 2.72. The van der Waals surface area contributed by atoms with Crippen molar-refractivity contribution in [2.45, 2.75) is 23.8 Å². The van der Waals surface area contributed by atoms with Crippen LogP contribution in [0.5, 0.6) is 0 Å². The van der Waals surface area contributed by atoms with E-state index in [1.54, 1.807) is 12.1 Å². The SMILES string of the molecule is CS(=O)(=O)c1ccc(CC(N)CC(=O)O)cc1. The molecular weight excluding hydrogens is 242 g/mol. The smallest absolute Gasteiger partial charge is 0.304 e. The first-order chi connectivity index (χ1) is 7.79. The summed E-state index contributed by atoms with van der Waals surface area (Å²) in [4.78, 5) is 10.7. The lowest BCUT2D eigenvalue weighted by atomic mass is 10.0. The molecule has 0 aliphatic carbocycles. The Morgan fingerprint density at radius 2 is 1.88 bits per heavy atom. The maximum Gasteiger partial charge on any atom is 0.304 e. The summed E-state index contributed by atoms with van der Waals surface area (Å²) in [6.07, 6.45) is 1.45. The Morgan fingerprint density at radius 1 is 1.35 bits per heavy atom. The highest BCUT2D eigenvalue weighted by molar-refractivity contribution is 7.90. The van der Waals surface area contributed by atoms with E-state index >= 15 is 0 Å². The zero-order valence-electron chi connectivity index (χ0n) is 9.46. The minimum atomic E-state index is -3.19. The Labute approximate surface area is 100 Å². The van der Waals surface area contributed by atoms with Gasteiger partial charge >= 0.3 is 5.97 Å². The van der Waals surface area contributed by atoms with Gasteiger partial charge in [0.15, 0.2) is 9.84 Å². The lowest BCUT2D eigenvalue weighted by molar-refractivity contribution is -0.137. The number of nitrogens with two attached hydrogens (primary N) is 1. The fraction of sp³-hybridized carbons (Fsp3) is 0.364. The number of sulfone groups is 1. The summed E-state index contributed by atoms with van der Waals surface area (Å²) in [6.45, 7) is 0. The molecular formula is C11H15NO4S. The first kappa shape index (κ1) is 13.7. The number of rotatable bonds is 5. The van der Waals surface area contributed by atoms with E-state index < -0.39 is 21.8 Å². The predicted octanol–water partition coefficient (Wildman–Crippen LogP) is 0.435. The number of carboxylic acid groups (broad SMARTS) is 1. The maximum absolute atomic E-state index is 11.2. The van der Waals surface area contributed by atoms with Gasteiger partial charge in [0.1, 0.15) is 0 Å². The van der Waals surface area contributed by atoms with E-state index in [2.05, 4.69) is 0 Å². The fourth-order valence-electron chi connectivity index (χ4n) is 1.47. The molecule has 17 heavy (non-hydrogen) atoms. The molecule has 3 N–H and O–H groups in total.